The summed E-state index contributed by atoms with van der Waals surface area (Å²) in [6, 6.07) is 4.09. The molecule has 1 fully saturated rings. The van der Waals surface area contributed by atoms with Crippen LogP contribution in [0.15, 0.2) is 22.9 Å². The highest BCUT2D eigenvalue weighted by Crippen LogP contribution is 2.27. The second-order valence-electron chi connectivity index (χ2n) is 6.22. The summed E-state index contributed by atoms with van der Waals surface area (Å²) in [7, 11) is 0. The molecule has 0 radical (unpaired) electrons. The molecule has 1 N–H and O–H groups in total. The van der Waals surface area contributed by atoms with Crippen LogP contribution in [0.1, 0.15) is 25.5 Å². The van der Waals surface area contributed by atoms with Gasteiger partial charge in [0.1, 0.15) is 5.01 Å². The van der Waals surface area contributed by atoms with E-state index in [1.165, 1.54) is 30.8 Å². The zero-order valence-electron chi connectivity index (χ0n) is 13.5. The molecule has 0 saturated carbocycles. The third-order valence-electron chi connectivity index (χ3n) is 4.04. The summed E-state index contributed by atoms with van der Waals surface area (Å²) >= 11 is 3.29. The van der Waals surface area contributed by atoms with Gasteiger partial charge in [0.05, 0.1) is 17.0 Å². The Hall–Kier alpha value is -1.24. The fourth-order valence-electron chi connectivity index (χ4n) is 2.89. The van der Waals surface area contributed by atoms with Crippen molar-refractivity contribution in [1.82, 2.24) is 15.2 Å². The summed E-state index contributed by atoms with van der Waals surface area (Å²) in [5.41, 5.74) is 0.864. The first-order valence-electron chi connectivity index (χ1n) is 8.18. The van der Waals surface area contributed by atoms with Gasteiger partial charge in [-0.1, -0.05) is 13.0 Å². The standard InChI is InChI=1S/C17H23N3OS2/c1-13(11-20-6-2-3-7-20)10-18-16(21)9-14-12-23-17(19-14)15-5-4-8-22-15/h4-5,8,12-13H,2-3,6-7,9-11H2,1H3,(H,18,21). The van der Waals surface area contributed by atoms with Gasteiger partial charge in [-0.2, -0.15) is 0 Å². The minimum Gasteiger partial charge on any atom is -0.355 e. The Bertz CT molecular complexity index is 618. The first-order chi connectivity index (χ1) is 11.2. The van der Waals surface area contributed by atoms with Gasteiger partial charge in [0.15, 0.2) is 0 Å². The third kappa shape index (κ3) is 4.86. The molecule has 3 heterocycles. The number of thiazole rings is 1. The highest BCUT2D eigenvalue weighted by molar-refractivity contribution is 7.20. The minimum absolute atomic E-state index is 0.0706. The maximum atomic E-state index is 12.1. The lowest BCUT2D eigenvalue weighted by molar-refractivity contribution is -0.120. The Morgan fingerprint density at radius 1 is 1.39 bits per heavy atom. The van der Waals surface area contributed by atoms with Gasteiger partial charge in [-0.3, -0.25) is 4.79 Å². The molecule has 0 bridgehead atoms. The molecule has 3 rings (SSSR count). The Balaban J connectivity index is 1.42. The number of nitrogens with zero attached hydrogens (tertiary/aromatic N) is 2. The SMILES string of the molecule is CC(CNC(=O)Cc1csc(-c2cccs2)n1)CN1CCCC1. The molecule has 2 aromatic rings. The molecule has 1 atom stereocenters. The molecular formula is C17H23N3OS2. The Labute approximate surface area is 145 Å². The summed E-state index contributed by atoms with van der Waals surface area (Å²) in [4.78, 5) is 20.3. The van der Waals surface area contributed by atoms with Crippen LogP contribution in [-0.2, 0) is 11.2 Å². The van der Waals surface area contributed by atoms with E-state index in [9.17, 15) is 4.79 Å². The number of hydrogen-bond acceptors (Lipinski definition) is 5. The lowest BCUT2D eigenvalue weighted by Gasteiger charge is -2.20. The van der Waals surface area contributed by atoms with E-state index < -0.39 is 0 Å². The maximum Gasteiger partial charge on any atom is 0.226 e. The molecule has 1 aliphatic heterocycles. The number of carbonyl (C=O) groups is 1. The summed E-state index contributed by atoms with van der Waals surface area (Å²) in [5.74, 6) is 0.565. The van der Waals surface area contributed by atoms with Gasteiger partial charge in [-0.05, 0) is 43.3 Å². The second kappa shape index (κ2) is 8.04. The van der Waals surface area contributed by atoms with Crippen molar-refractivity contribution < 1.29 is 4.79 Å². The number of amides is 1. The van der Waals surface area contributed by atoms with Gasteiger partial charge < -0.3 is 10.2 Å². The Kier molecular flexibility index (Phi) is 5.80. The van der Waals surface area contributed by atoms with Crippen LogP contribution in [-0.4, -0.2) is 42.0 Å². The van der Waals surface area contributed by atoms with E-state index >= 15 is 0 Å². The second-order valence-corrected chi connectivity index (χ2v) is 8.02. The van der Waals surface area contributed by atoms with Gasteiger partial charge in [0.2, 0.25) is 5.91 Å². The van der Waals surface area contributed by atoms with Crippen molar-refractivity contribution in [2.75, 3.05) is 26.2 Å². The van der Waals surface area contributed by atoms with Crippen LogP contribution in [0.3, 0.4) is 0 Å². The fraction of sp³-hybridized carbons (Fsp3) is 0.529. The summed E-state index contributed by atoms with van der Waals surface area (Å²) < 4.78 is 0. The van der Waals surface area contributed by atoms with Crippen molar-refractivity contribution in [3.05, 3.63) is 28.6 Å². The third-order valence-corrected chi connectivity index (χ3v) is 5.97. The van der Waals surface area contributed by atoms with Gasteiger partial charge in [0.25, 0.3) is 0 Å². The van der Waals surface area contributed by atoms with Crippen LogP contribution in [0.5, 0.6) is 0 Å². The van der Waals surface area contributed by atoms with E-state index in [1.807, 2.05) is 16.8 Å². The van der Waals surface area contributed by atoms with Crippen molar-refractivity contribution in [2.24, 2.45) is 5.92 Å². The first kappa shape index (κ1) is 16.6. The van der Waals surface area contributed by atoms with Crippen LogP contribution in [0.2, 0.25) is 0 Å². The van der Waals surface area contributed by atoms with E-state index in [2.05, 4.69) is 28.2 Å². The molecule has 1 unspecified atom stereocenters. The summed E-state index contributed by atoms with van der Waals surface area (Å²) in [6.45, 7) is 6.46. The summed E-state index contributed by atoms with van der Waals surface area (Å²) in [6.07, 6.45) is 3.00. The molecule has 124 valence electrons. The van der Waals surface area contributed by atoms with Crippen molar-refractivity contribution in [1.29, 1.82) is 0 Å². The van der Waals surface area contributed by atoms with Crippen LogP contribution in [0.25, 0.3) is 9.88 Å². The highest BCUT2D eigenvalue weighted by Gasteiger charge is 2.15. The van der Waals surface area contributed by atoms with Gasteiger partial charge in [-0.25, -0.2) is 4.98 Å². The molecule has 23 heavy (non-hydrogen) atoms. The lowest BCUT2D eigenvalue weighted by atomic mass is 10.1. The average Bonchev–Trinajstić information content (AvgIpc) is 3.27. The molecule has 4 nitrogen and oxygen atoms in total. The van der Waals surface area contributed by atoms with Crippen LogP contribution in [0, 0.1) is 5.92 Å². The Morgan fingerprint density at radius 3 is 2.96 bits per heavy atom. The van der Waals surface area contributed by atoms with Crippen LogP contribution < -0.4 is 5.32 Å². The first-order valence-corrected chi connectivity index (χ1v) is 9.94. The number of rotatable bonds is 7. The van der Waals surface area contributed by atoms with Crippen molar-refractivity contribution in [3.8, 4) is 9.88 Å². The zero-order chi connectivity index (χ0) is 16.1. The predicted molar refractivity (Wildman–Crippen MR) is 97.0 cm³/mol. The van der Waals surface area contributed by atoms with E-state index in [4.69, 9.17) is 0 Å². The van der Waals surface area contributed by atoms with Crippen molar-refractivity contribution >= 4 is 28.6 Å². The molecule has 0 spiro atoms. The maximum absolute atomic E-state index is 12.1. The quantitative estimate of drug-likeness (QED) is 0.834. The van der Waals surface area contributed by atoms with E-state index in [0.717, 1.165) is 23.8 Å². The Morgan fingerprint density at radius 2 is 2.22 bits per heavy atom. The number of aromatic nitrogens is 1. The van der Waals surface area contributed by atoms with Gasteiger partial charge in [0, 0.05) is 18.5 Å². The zero-order valence-corrected chi connectivity index (χ0v) is 15.1. The largest absolute Gasteiger partial charge is 0.355 e. The molecule has 0 aromatic carbocycles. The number of nitrogens with one attached hydrogen (secondary N) is 1. The van der Waals surface area contributed by atoms with Crippen molar-refractivity contribution in [3.63, 3.8) is 0 Å². The number of hydrogen-bond donors (Lipinski definition) is 1. The number of carbonyl (C=O) groups excluding carboxylic acids is 1. The molecule has 1 amide bonds. The summed E-state index contributed by atoms with van der Waals surface area (Å²) in [5, 5.41) is 8.09. The molecule has 0 aliphatic carbocycles. The fourth-order valence-corrected chi connectivity index (χ4v) is 4.52. The molecular weight excluding hydrogens is 326 g/mol. The lowest BCUT2D eigenvalue weighted by Crippen LogP contribution is -2.35. The number of thiophene rings is 1. The number of likely N-dealkylation sites (tertiary alicyclic amines) is 1. The van der Waals surface area contributed by atoms with Crippen LogP contribution >= 0.6 is 22.7 Å². The smallest absolute Gasteiger partial charge is 0.226 e. The van der Waals surface area contributed by atoms with E-state index in [1.54, 1.807) is 22.7 Å². The molecule has 1 saturated heterocycles. The minimum atomic E-state index is 0.0706. The molecule has 6 heteroatoms. The molecule has 1 aliphatic rings. The normalized spacial score (nSPS) is 16.6. The monoisotopic (exact) mass is 349 g/mol. The van der Waals surface area contributed by atoms with Gasteiger partial charge >= 0.3 is 0 Å². The predicted octanol–water partition coefficient (Wildman–Crippen LogP) is 3.26. The molecule has 2 aromatic heterocycles. The van der Waals surface area contributed by atoms with Crippen molar-refractivity contribution in [2.45, 2.75) is 26.2 Å². The van der Waals surface area contributed by atoms with E-state index in [-0.39, 0.29) is 5.91 Å². The topological polar surface area (TPSA) is 45.2 Å². The van der Waals surface area contributed by atoms with Gasteiger partial charge in [-0.15, -0.1) is 22.7 Å². The van der Waals surface area contributed by atoms with E-state index in [0.29, 0.717) is 12.3 Å². The average molecular weight is 350 g/mol. The highest BCUT2D eigenvalue weighted by atomic mass is 32.1. The van der Waals surface area contributed by atoms with Crippen LogP contribution in [0.4, 0.5) is 0 Å².